The molecule has 2 amide bonds. The normalized spacial score (nSPS) is 15.6. The molecule has 0 aliphatic carbocycles. The first kappa shape index (κ1) is 19.7. The lowest BCUT2D eigenvalue weighted by Gasteiger charge is -2.29. The van der Waals surface area contributed by atoms with E-state index in [1.54, 1.807) is 13.1 Å². The van der Waals surface area contributed by atoms with Crippen molar-refractivity contribution in [3.05, 3.63) is 54.1 Å². The van der Waals surface area contributed by atoms with Crippen molar-refractivity contribution in [1.82, 2.24) is 10.2 Å². The summed E-state index contributed by atoms with van der Waals surface area (Å²) in [7, 11) is 1.62. The van der Waals surface area contributed by atoms with Crippen molar-refractivity contribution in [2.24, 2.45) is 0 Å². The van der Waals surface area contributed by atoms with Crippen molar-refractivity contribution in [2.75, 3.05) is 20.2 Å². The van der Waals surface area contributed by atoms with Gasteiger partial charge < -0.3 is 24.4 Å². The Morgan fingerprint density at radius 3 is 2.54 bits per heavy atom. The number of benzene rings is 2. The highest BCUT2D eigenvalue weighted by atomic mass is 19.4. The summed E-state index contributed by atoms with van der Waals surface area (Å²) in [6.07, 6.45) is -5.03. The van der Waals surface area contributed by atoms with Crippen LogP contribution in [0.5, 0.6) is 17.2 Å². The second-order valence-corrected chi connectivity index (χ2v) is 6.23. The van der Waals surface area contributed by atoms with Crippen LogP contribution in [0.3, 0.4) is 0 Å². The van der Waals surface area contributed by atoms with Gasteiger partial charge in [0.15, 0.2) is 17.6 Å². The summed E-state index contributed by atoms with van der Waals surface area (Å²) in [6, 6.07) is 12.3. The molecule has 0 fully saturated rings. The summed E-state index contributed by atoms with van der Waals surface area (Å²) < 4.78 is 51.7. The third-order valence-electron chi connectivity index (χ3n) is 3.99. The number of urea groups is 1. The molecule has 0 radical (unpaired) electrons. The van der Waals surface area contributed by atoms with Gasteiger partial charge in [-0.2, -0.15) is 0 Å². The quantitative estimate of drug-likeness (QED) is 0.840. The highest BCUT2D eigenvalue weighted by Crippen LogP contribution is 2.31. The van der Waals surface area contributed by atoms with Crippen molar-refractivity contribution in [1.29, 1.82) is 0 Å². The number of fused-ring (bicyclic) bond motifs is 1. The minimum absolute atomic E-state index is 0.167. The number of carbonyl (C=O) groups is 1. The van der Waals surface area contributed by atoms with Gasteiger partial charge in [-0.25, -0.2) is 4.79 Å². The molecule has 6 nitrogen and oxygen atoms in total. The number of halogens is 3. The Kier molecular flexibility index (Phi) is 5.81. The maximum Gasteiger partial charge on any atom is 0.573 e. The van der Waals surface area contributed by atoms with Gasteiger partial charge in [0.2, 0.25) is 0 Å². The second-order valence-electron chi connectivity index (χ2n) is 6.23. The number of rotatable bonds is 5. The number of nitrogens with one attached hydrogen (secondary N) is 1. The van der Waals surface area contributed by atoms with Crippen LogP contribution >= 0.6 is 0 Å². The van der Waals surface area contributed by atoms with Crippen molar-refractivity contribution in [2.45, 2.75) is 19.0 Å². The zero-order chi connectivity index (χ0) is 20.1. The van der Waals surface area contributed by atoms with E-state index in [2.05, 4.69) is 10.1 Å². The fourth-order valence-electron chi connectivity index (χ4n) is 2.66. The fraction of sp³-hybridized carbons (Fsp3) is 0.316. The molecule has 9 heteroatoms. The summed E-state index contributed by atoms with van der Waals surface area (Å²) in [5.41, 5.74) is 0.641. The van der Waals surface area contributed by atoms with Crippen LogP contribution in [-0.4, -0.2) is 43.6 Å². The lowest BCUT2D eigenvalue weighted by molar-refractivity contribution is -0.274. The van der Waals surface area contributed by atoms with E-state index in [-0.39, 0.29) is 24.4 Å². The number of ether oxygens (including phenoxy) is 3. The van der Waals surface area contributed by atoms with E-state index in [0.29, 0.717) is 30.2 Å². The summed E-state index contributed by atoms with van der Waals surface area (Å²) in [4.78, 5) is 13.7. The molecule has 1 atom stereocenters. The van der Waals surface area contributed by atoms with Crippen LogP contribution in [0.2, 0.25) is 0 Å². The molecule has 3 rings (SSSR count). The Hall–Kier alpha value is -3.10. The lowest BCUT2D eigenvalue weighted by Crippen LogP contribution is -2.45. The molecule has 0 saturated heterocycles. The minimum Gasteiger partial charge on any atom is -0.486 e. The van der Waals surface area contributed by atoms with Gasteiger partial charge in [-0.05, 0) is 29.8 Å². The molecule has 2 aromatic carbocycles. The van der Waals surface area contributed by atoms with Gasteiger partial charge in [0.05, 0.1) is 6.54 Å². The molecule has 0 unspecified atom stereocenters. The van der Waals surface area contributed by atoms with Crippen molar-refractivity contribution >= 4 is 6.03 Å². The molecular formula is C19H19F3N2O4. The van der Waals surface area contributed by atoms with Gasteiger partial charge in [0.25, 0.3) is 0 Å². The number of hydrogen-bond acceptors (Lipinski definition) is 4. The molecule has 0 bridgehead atoms. The Morgan fingerprint density at radius 2 is 1.86 bits per heavy atom. The van der Waals surface area contributed by atoms with E-state index in [1.807, 2.05) is 18.2 Å². The predicted octanol–water partition coefficient (Wildman–Crippen LogP) is 3.57. The highest BCUT2D eigenvalue weighted by Gasteiger charge is 2.31. The van der Waals surface area contributed by atoms with E-state index in [4.69, 9.17) is 9.47 Å². The fourth-order valence-corrected chi connectivity index (χ4v) is 2.66. The number of likely N-dealkylation sites (N-methyl/N-ethyl adjacent to an activating group) is 1. The van der Waals surface area contributed by atoms with Crippen LogP contribution in [0.4, 0.5) is 18.0 Å². The van der Waals surface area contributed by atoms with E-state index in [0.717, 1.165) is 0 Å². The summed E-state index contributed by atoms with van der Waals surface area (Å²) >= 11 is 0. The number of carbonyl (C=O) groups excluding carboxylic acids is 1. The molecule has 150 valence electrons. The number of para-hydroxylation sites is 2. The average Bonchev–Trinajstić information content (AvgIpc) is 2.66. The van der Waals surface area contributed by atoms with Gasteiger partial charge in [0, 0.05) is 13.6 Å². The van der Waals surface area contributed by atoms with Gasteiger partial charge in [-0.1, -0.05) is 24.3 Å². The standard InChI is InChI=1S/C19H19F3N2O4/c1-24(11-15-12-26-16-4-2-3-5-17(16)27-15)18(25)23-10-13-6-8-14(9-7-13)28-19(20,21)22/h2-9,15H,10-12H2,1H3,(H,23,25)/t15-/m1/s1. The molecule has 0 saturated carbocycles. The van der Waals surface area contributed by atoms with Gasteiger partial charge in [0.1, 0.15) is 12.4 Å². The lowest BCUT2D eigenvalue weighted by atomic mass is 10.2. The molecule has 2 aromatic rings. The SMILES string of the molecule is CN(C[C@@H]1COc2ccccc2O1)C(=O)NCc1ccc(OC(F)(F)F)cc1. The Labute approximate surface area is 159 Å². The van der Waals surface area contributed by atoms with Crippen LogP contribution < -0.4 is 19.5 Å². The van der Waals surface area contributed by atoms with Crippen LogP contribution in [-0.2, 0) is 6.54 Å². The monoisotopic (exact) mass is 396 g/mol. The predicted molar refractivity (Wildman–Crippen MR) is 94.3 cm³/mol. The molecule has 28 heavy (non-hydrogen) atoms. The van der Waals surface area contributed by atoms with Crippen molar-refractivity contribution in [3.8, 4) is 17.2 Å². The molecule has 0 spiro atoms. The first-order valence-electron chi connectivity index (χ1n) is 8.52. The summed E-state index contributed by atoms with van der Waals surface area (Å²) in [6.45, 7) is 0.814. The largest absolute Gasteiger partial charge is 0.573 e. The van der Waals surface area contributed by atoms with Crippen molar-refractivity contribution < 1.29 is 32.2 Å². The molecule has 1 N–H and O–H groups in total. The van der Waals surface area contributed by atoms with E-state index >= 15 is 0 Å². The number of nitrogens with zero attached hydrogens (tertiary/aromatic N) is 1. The Morgan fingerprint density at radius 1 is 1.18 bits per heavy atom. The van der Waals surface area contributed by atoms with E-state index < -0.39 is 6.36 Å². The number of alkyl halides is 3. The molecular weight excluding hydrogens is 377 g/mol. The topological polar surface area (TPSA) is 60.0 Å². The van der Waals surface area contributed by atoms with E-state index in [1.165, 1.54) is 29.2 Å². The van der Waals surface area contributed by atoms with Gasteiger partial charge in [-0.15, -0.1) is 13.2 Å². The molecule has 1 aliphatic rings. The van der Waals surface area contributed by atoms with Gasteiger partial charge in [-0.3, -0.25) is 0 Å². The highest BCUT2D eigenvalue weighted by molar-refractivity contribution is 5.73. The first-order chi connectivity index (χ1) is 13.3. The molecule has 1 heterocycles. The van der Waals surface area contributed by atoms with E-state index in [9.17, 15) is 18.0 Å². The molecule has 1 aliphatic heterocycles. The van der Waals surface area contributed by atoms with Crippen LogP contribution in [0.25, 0.3) is 0 Å². The zero-order valence-corrected chi connectivity index (χ0v) is 15.0. The maximum atomic E-state index is 12.2. The number of hydrogen-bond donors (Lipinski definition) is 1. The van der Waals surface area contributed by atoms with Crippen molar-refractivity contribution in [3.63, 3.8) is 0 Å². The number of amides is 2. The maximum absolute atomic E-state index is 12.2. The first-order valence-corrected chi connectivity index (χ1v) is 8.52. The summed E-state index contributed by atoms with van der Waals surface area (Å²) in [5.74, 6) is 0.993. The summed E-state index contributed by atoms with van der Waals surface area (Å²) in [5, 5.41) is 2.70. The average molecular weight is 396 g/mol. The zero-order valence-electron chi connectivity index (χ0n) is 15.0. The molecule has 0 aromatic heterocycles. The van der Waals surface area contributed by atoms with Gasteiger partial charge >= 0.3 is 12.4 Å². The smallest absolute Gasteiger partial charge is 0.486 e. The Balaban J connectivity index is 1.46. The van der Waals surface area contributed by atoms with Crippen LogP contribution in [0, 0.1) is 0 Å². The van der Waals surface area contributed by atoms with Crippen LogP contribution in [0.15, 0.2) is 48.5 Å². The third-order valence-corrected chi connectivity index (χ3v) is 3.99. The third kappa shape index (κ3) is 5.45. The Bertz CT molecular complexity index is 812. The minimum atomic E-state index is -4.73. The van der Waals surface area contributed by atoms with Crippen LogP contribution in [0.1, 0.15) is 5.56 Å². The second kappa shape index (κ2) is 8.28.